The molecule has 0 unspecified atom stereocenters. The maximum atomic E-state index is 5.82. The molecule has 23 heavy (non-hydrogen) atoms. The number of guanidine groups is 1. The summed E-state index contributed by atoms with van der Waals surface area (Å²) >= 11 is 11.6. The maximum absolute atomic E-state index is 5.82. The zero-order valence-corrected chi connectivity index (χ0v) is 13.9. The average Bonchev–Trinajstić information content (AvgIpc) is 2.55. The van der Waals surface area contributed by atoms with E-state index in [-0.39, 0.29) is 5.96 Å². The molecule has 0 aliphatic heterocycles. The second kappa shape index (κ2) is 8.31. The van der Waals surface area contributed by atoms with E-state index in [1.165, 1.54) is 5.01 Å². The number of nitrogens with zero attached hydrogens (tertiary/aromatic N) is 4. The monoisotopic (exact) mass is 347 g/mol. The molecular formula is C16H15Cl2N5. The Morgan fingerprint density at radius 1 is 0.913 bits per heavy atom. The molecule has 2 aromatic rings. The van der Waals surface area contributed by atoms with Gasteiger partial charge in [0.1, 0.15) is 0 Å². The largest absolute Gasteiger partial charge is 0.367 e. The van der Waals surface area contributed by atoms with Gasteiger partial charge in [-0.3, -0.25) is 0 Å². The fourth-order valence-corrected chi connectivity index (χ4v) is 1.78. The van der Waals surface area contributed by atoms with Crippen molar-refractivity contribution in [1.82, 2.24) is 5.01 Å². The fraction of sp³-hybridized carbons (Fsp3) is 0.0625. The third kappa shape index (κ3) is 5.73. The van der Waals surface area contributed by atoms with E-state index in [9.17, 15) is 0 Å². The van der Waals surface area contributed by atoms with Gasteiger partial charge >= 0.3 is 0 Å². The van der Waals surface area contributed by atoms with E-state index < -0.39 is 0 Å². The van der Waals surface area contributed by atoms with Gasteiger partial charge in [-0.1, -0.05) is 47.5 Å². The Morgan fingerprint density at radius 2 is 1.39 bits per heavy atom. The van der Waals surface area contributed by atoms with Crippen LogP contribution in [0, 0.1) is 0 Å². The van der Waals surface area contributed by atoms with E-state index in [1.54, 1.807) is 43.7 Å². The minimum absolute atomic E-state index is 0.167. The molecule has 2 N–H and O–H groups in total. The fourth-order valence-electron chi connectivity index (χ4n) is 1.53. The molecule has 7 heteroatoms. The van der Waals surface area contributed by atoms with Crippen molar-refractivity contribution in [3.05, 3.63) is 69.7 Å². The van der Waals surface area contributed by atoms with Gasteiger partial charge in [-0.05, 0) is 35.4 Å². The third-order valence-electron chi connectivity index (χ3n) is 2.82. The predicted octanol–water partition coefficient (Wildman–Crippen LogP) is 3.61. The lowest BCUT2D eigenvalue weighted by atomic mass is 10.2. The third-order valence-corrected chi connectivity index (χ3v) is 3.32. The Bertz CT molecular complexity index is 721. The van der Waals surface area contributed by atoms with Crippen molar-refractivity contribution in [1.29, 1.82) is 0 Å². The Morgan fingerprint density at radius 3 is 1.91 bits per heavy atom. The van der Waals surface area contributed by atoms with Crippen molar-refractivity contribution >= 4 is 41.6 Å². The SMILES string of the molecule is CN(N=Cc1ccc(Cl)cc1)C(N)=NN=Cc1ccc(Cl)cc1. The van der Waals surface area contributed by atoms with Crippen molar-refractivity contribution in [3.63, 3.8) is 0 Å². The number of rotatable bonds is 4. The van der Waals surface area contributed by atoms with E-state index in [0.717, 1.165) is 11.1 Å². The summed E-state index contributed by atoms with van der Waals surface area (Å²) in [6, 6.07) is 14.5. The number of hydrogen-bond donors (Lipinski definition) is 1. The number of halogens is 2. The second-order valence-corrected chi connectivity index (χ2v) is 5.45. The number of nitrogens with two attached hydrogens (primary N) is 1. The van der Waals surface area contributed by atoms with Crippen molar-refractivity contribution < 1.29 is 0 Å². The molecule has 2 aromatic carbocycles. The molecule has 118 valence electrons. The molecule has 2 rings (SSSR count). The van der Waals surface area contributed by atoms with Crippen LogP contribution in [0.25, 0.3) is 0 Å². The Labute approximate surface area is 144 Å². The van der Waals surface area contributed by atoms with Gasteiger partial charge in [0.15, 0.2) is 0 Å². The molecule has 0 bridgehead atoms. The van der Waals surface area contributed by atoms with E-state index in [1.807, 2.05) is 24.3 Å². The van der Waals surface area contributed by atoms with E-state index in [2.05, 4.69) is 15.3 Å². The summed E-state index contributed by atoms with van der Waals surface area (Å²) in [5, 5.41) is 14.8. The summed E-state index contributed by atoms with van der Waals surface area (Å²) in [6.07, 6.45) is 3.24. The first-order valence-corrected chi connectivity index (χ1v) is 7.45. The van der Waals surface area contributed by atoms with Crippen LogP contribution in [0.5, 0.6) is 0 Å². The van der Waals surface area contributed by atoms with Crippen LogP contribution >= 0.6 is 23.2 Å². The van der Waals surface area contributed by atoms with Crippen molar-refractivity contribution in [3.8, 4) is 0 Å². The Kier molecular flexibility index (Phi) is 6.14. The lowest BCUT2D eigenvalue weighted by molar-refractivity contribution is 0.538. The van der Waals surface area contributed by atoms with Crippen molar-refractivity contribution in [2.45, 2.75) is 0 Å². The van der Waals surface area contributed by atoms with Gasteiger partial charge in [0, 0.05) is 17.1 Å². The van der Waals surface area contributed by atoms with Crippen LogP contribution in [0.1, 0.15) is 11.1 Å². The first kappa shape index (κ1) is 17.0. The van der Waals surface area contributed by atoms with Gasteiger partial charge in [0.25, 0.3) is 0 Å². The highest BCUT2D eigenvalue weighted by Crippen LogP contribution is 2.08. The average molecular weight is 348 g/mol. The van der Waals surface area contributed by atoms with Crippen LogP contribution in [0.3, 0.4) is 0 Å². The highest BCUT2D eigenvalue weighted by molar-refractivity contribution is 6.30. The van der Waals surface area contributed by atoms with Gasteiger partial charge in [-0.25, -0.2) is 5.01 Å². The number of benzene rings is 2. The van der Waals surface area contributed by atoms with E-state index in [0.29, 0.717) is 10.0 Å². The summed E-state index contributed by atoms with van der Waals surface area (Å²) in [4.78, 5) is 0. The second-order valence-electron chi connectivity index (χ2n) is 4.57. The van der Waals surface area contributed by atoms with Crippen LogP contribution in [0.4, 0.5) is 0 Å². The highest BCUT2D eigenvalue weighted by Gasteiger charge is 1.97. The van der Waals surface area contributed by atoms with E-state index in [4.69, 9.17) is 28.9 Å². The molecule has 0 amide bonds. The van der Waals surface area contributed by atoms with E-state index >= 15 is 0 Å². The molecule has 0 aliphatic rings. The van der Waals surface area contributed by atoms with Crippen LogP contribution in [-0.4, -0.2) is 30.4 Å². The molecular weight excluding hydrogens is 333 g/mol. The van der Waals surface area contributed by atoms with Gasteiger partial charge < -0.3 is 5.73 Å². The summed E-state index contributed by atoms with van der Waals surface area (Å²) in [5.74, 6) is 0.167. The smallest absolute Gasteiger partial charge is 0.236 e. The van der Waals surface area contributed by atoms with Crippen LogP contribution in [0.15, 0.2) is 63.8 Å². The van der Waals surface area contributed by atoms with Gasteiger partial charge in [-0.15, -0.1) is 5.10 Å². The quantitative estimate of drug-likeness (QED) is 0.521. The van der Waals surface area contributed by atoms with Crippen LogP contribution < -0.4 is 5.73 Å². The summed E-state index contributed by atoms with van der Waals surface area (Å²) < 4.78 is 0. The molecule has 0 aliphatic carbocycles. The Hall–Kier alpha value is -2.37. The summed E-state index contributed by atoms with van der Waals surface area (Å²) in [5.41, 5.74) is 7.57. The first-order valence-electron chi connectivity index (χ1n) is 6.70. The minimum atomic E-state index is 0.167. The van der Waals surface area contributed by atoms with Crippen LogP contribution in [0.2, 0.25) is 10.0 Å². The van der Waals surface area contributed by atoms with Gasteiger partial charge in [0.05, 0.1) is 12.4 Å². The van der Waals surface area contributed by atoms with Crippen LogP contribution in [-0.2, 0) is 0 Å². The van der Waals surface area contributed by atoms with Gasteiger partial charge in [0.2, 0.25) is 5.96 Å². The summed E-state index contributed by atoms with van der Waals surface area (Å²) in [7, 11) is 1.68. The van der Waals surface area contributed by atoms with Crippen molar-refractivity contribution in [2.75, 3.05) is 7.05 Å². The molecule has 0 aromatic heterocycles. The standard InChI is InChI=1S/C16H15Cl2N5/c1-23(21-11-13-4-8-15(18)9-5-13)16(19)22-20-10-12-2-6-14(17)7-3-12/h2-11H,1H3,(H2,19,22). The normalized spacial score (nSPS) is 12.2. The minimum Gasteiger partial charge on any atom is -0.367 e. The van der Waals surface area contributed by atoms with Crippen molar-refractivity contribution in [2.24, 2.45) is 21.0 Å². The highest BCUT2D eigenvalue weighted by atomic mass is 35.5. The predicted molar refractivity (Wildman–Crippen MR) is 97.5 cm³/mol. The lowest BCUT2D eigenvalue weighted by Gasteiger charge is -2.09. The molecule has 0 saturated carbocycles. The number of hydrazone groups is 1. The number of hydrogen-bond acceptors (Lipinski definition) is 3. The zero-order chi connectivity index (χ0) is 16.7. The molecule has 0 atom stereocenters. The Balaban J connectivity index is 1.96. The lowest BCUT2D eigenvalue weighted by Crippen LogP contribution is -2.29. The summed E-state index contributed by atoms with van der Waals surface area (Å²) in [6.45, 7) is 0. The molecule has 0 spiro atoms. The molecule has 0 saturated heterocycles. The molecule has 0 heterocycles. The maximum Gasteiger partial charge on any atom is 0.236 e. The first-order chi connectivity index (χ1) is 11.0. The molecule has 0 radical (unpaired) electrons. The molecule has 0 fully saturated rings. The van der Waals surface area contributed by atoms with Gasteiger partial charge in [-0.2, -0.15) is 10.2 Å². The molecule has 5 nitrogen and oxygen atoms in total. The topological polar surface area (TPSA) is 66.3 Å². The zero-order valence-electron chi connectivity index (χ0n) is 12.4.